The highest BCUT2D eigenvalue weighted by Gasteiger charge is 2.33. The van der Waals surface area contributed by atoms with Crippen LogP contribution < -0.4 is 11.1 Å². The van der Waals surface area contributed by atoms with Crippen molar-refractivity contribution < 1.29 is 18.0 Å². The molecule has 3 N–H and O–H groups in total. The number of carbonyl (C=O) groups excluding carboxylic acids is 1. The molecule has 0 radical (unpaired) electrons. The van der Waals surface area contributed by atoms with Crippen molar-refractivity contribution in [2.24, 2.45) is 19.8 Å². The van der Waals surface area contributed by atoms with Gasteiger partial charge in [0.2, 0.25) is 0 Å². The largest absolute Gasteiger partial charge is 0.416 e. The Morgan fingerprint density at radius 2 is 1.94 bits per heavy atom. The quantitative estimate of drug-likeness (QED) is 0.566. The van der Waals surface area contributed by atoms with Crippen molar-refractivity contribution in [3.05, 3.63) is 63.4 Å². The Hall–Kier alpha value is -2.49. The first kappa shape index (κ1) is 23.2. The van der Waals surface area contributed by atoms with E-state index in [9.17, 15) is 18.0 Å². The number of benzene rings is 1. The summed E-state index contributed by atoms with van der Waals surface area (Å²) in [7, 11) is 3.36. The third-order valence-electron chi connectivity index (χ3n) is 4.95. The van der Waals surface area contributed by atoms with Crippen LogP contribution in [0.4, 0.5) is 13.2 Å². The summed E-state index contributed by atoms with van der Waals surface area (Å²) in [5, 5.41) is 7.29. The van der Waals surface area contributed by atoms with Crippen molar-refractivity contribution in [2.45, 2.75) is 18.6 Å². The molecule has 166 valence electrons. The molecule has 0 saturated heterocycles. The molecule has 0 fully saturated rings. The zero-order valence-electron chi connectivity index (χ0n) is 16.7. The first-order valence-electron chi connectivity index (χ1n) is 9.23. The molecule has 2 aromatic heterocycles. The Kier molecular flexibility index (Phi) is 6.68. The number of aryl methyl sites for hydroxylation is 1. The maximum atomic E-state index is 13.3. The molecule has 1 unspecified atom stereocenters. The predicted molar refractivity (Wildman–Crippen MR) is 113 cm³/mol. The van der Waals surface area contributed by atoms with Gasteiger partial charge in [-0.15, -0.1) is 0 Å². The van der Waals surface area contributed by atoms with Crippen molar-refractivity contribution in [3.8, 4) is 11.4 Å². The van der Waals surface area contributed by atoms with Crippen molar-refractivity contribution in [1.82, 2.24) is 19.7 Å². The van der Waals surface area contributed by atoms with Gasteiger partial charge in [-0.25, -0.2) is 0 Å². The van der Waals surface area contributed by atoms with Gasteiger partial charge in [-0.3, -0.25) is 9.48 Å². The third kappa shape index (κ3) is 4.73. The van der Waals surface area contributed by atoms with Crippen LogP contribution >= 0.6 is 23.2 Å². The molecule has 1 amide bonds. The van der Waals surface area contributed by atoms with E-state index in [1.165, 1.54) is 24.4 Å². The fourth-order valence-electron chi connectivity index (χ4n) is 3.36. The summed E-state index contributed by atoms with van der Waals surface area (Å²) in [5.74, 6) is -0.551. The SMILES string of the molecule is Cn1ncc(Cl)c1-c1cc(C(=O)NC(CN)Cc2ccccc2C(F)(F)F)c(Cl)n1C. The van der Waals surface area contributed by atoms with Crippen LogP contribution in [0.3, 0.4) is 0 Å². The molecule has 1 atom stereocenters. The highest BCUT2D eigenvalue weighted by atomic mass is 35.5. The minimum atomic E-state index is -4.50. The molecule has 0 bridgehead atoms. The topological polar surface area (TPSA) is 77.9 Å². The van der Waals surface area contributed by atoms with E-state index in [1.54, 1.807) is 29.4 Å². The first-order valence-corrected chi connectivity index (χ1v) is 9.99. The zero-order valence-corrected chi connectivity index (χ0v) is 18.2. The molecule has 3 rings (SSSR count). The van der Waals surface area contributed by atoms with Crippen molar-refractivity contribution in [1.29, 1.82) is 0 Å². The van der Waals surface area contributed by atoms with Crippen molar-refractivity contribution in [2.75, 3.05) is 6.54 Å². The van der Waals surface area contributed by atoms with Gasteiger partial charge in [0.15, 0.2) is 0 Å². The second-order valence-electron chi connectivity index (χ2n) is 7.02. The number of amides is 1. The van der Waals surface area contributed by atoms with Crippen LogP contribution in [0.1, 0.15) is 21.5 Å². The van der Waals surface area contributed by atoms with E-state index >= 15 is 0 Å². The number of nitrogens with one attached hydrogen (secondary N) is 1. The summed E-state index contributed by atoms with van der Waals surface area (Å²) in [5.41, 5.74) is 6.31. The maximum absolute atomic E-state index is 13.3. The smallest absolute Gasteiger partial charge is 0.348 e. The van der Waals surface area contributed by atoms with Crippen LogP contribution in [0.15, 0.2) is 36.5 Å². The van der Waals surface area contributed by atoms with E-state index in [-0.39, 0.29) is 29.2 Å². The molecule has 31 heavy (non-hydrogen) atoms. The molecule has 0 spiro atoms. The average Bonchev–Trinajstić information content (AvgIpc) is 3.19. The van der Waals surface area contributed by atoms with Crippen LogP contribution in [0, 0.1) is 0 Å². The van der Waals surface area contributed by atoms with Gasteiger partial charge < -0.3 is 15.6 Å². The van der Waals surface area contributed by atoms with Crippen LogP contribution in [0.2, 0.25) is 10.2 Å². The lowest BCUT2D eigenvalue weighted by Gasteiger charge is -2.19. The normalized spacial score (nSPS) is 12.8. The molecular formula is C20H20Cl2F3N5O. The highest BCUT2D eigenvalue weighted by Crippen LogP contribution is 2.33. The lowest BCUT2D eigenvalue weighted by Crippen LogP contribution is -2.42. The summed E-state index contributed by atoms with van der Waals surface area (Å²) >= 11 is 12.5. The number of carbonyl (C=O) groups is 1. The summed E-state index contributed by atoms with van der Waals surface area (Å²) in [4.78, 5) is 12.9. The molecule has 0 saturated carbocycles. The first-order chi connectivity index (χ1) is 14.5. The number of alkyl halides is 3. The van der Waals surface area contributed by atoms with Gasteiger partial charge in [-0.2, -0.15) is 18.3 Å². The number of nitrogens with two attached hydrogens (primary N) is 1. The monoisotopic (exact) mass is 473 g/mol. The number of nitrogens with zero attached hydrogens (tertiary/aromatic N) is 3. The van der Waals surface area contributed by atoms with Gasteiger partial charge in [0.1, 0.15) is 10.8 Å². The summed E-state index contributed by atoms with van der Waals surface area (Å²) < 4.78 is 42.9. The highest BCUT2D eigenvalue weighted by molar-refractivity contribution is 6.34. The van der Waals surface area contributed by atoms with Gasteiger partial charge in [0.25, 0.3) is 5.91 Å². The van der Waals surface area contributed by atoms with Gasteiger partial charge in [-0.1, -0.05) is 41.4 Å². The molecule has 3 aromatic rings. The number of hydrogen-bond donors (Lipinski definition) is 2. The Morgan fingerprint density at radius 1 is 1.26 bits per heavy atom. The minimum absolute atomic E-state index is 0.0484. The Morgan fingerprint density at radius 3 is 2.52 bits per heavy atom. The Balaban J connectivity index is 1.85. The van der Waals surface area contributed by atoms with E-state index in [0.717, 1.165) is 6.07 Å². The summed E-state index contributed by atoms with van der Waals surface area (Å²) in [6.07, 6.45) is -3.11. The summed E-state index contributed by atoms with van der Waals surface area (Å²) in [6, 6.07) is 6.03. The molecule has 1 aromatic carbocycles. The number of halogens is 5. The fourth-order valence-corrected chi connectivity index (χ4v) is 3.86. The molecule has 2 heterocycles. The number of aromatic nitrogens is 3. The van der Waals surface area contributed by atoms with Crippen molar-refractivity contribution in [3.63, 3.8) is 0 Å². The summed E-state index contributed by atoms with van der Waals surface area (Å²) in [6.45, 7) is -0.0528. The van der Waals surface area contributed by atoms with Crippen LogP contribution in [0.25, 0.3) is 11.4 Å². The molecule has 0 aliphatic carbocycles. The Bertz CT molecular complexity index is 1090. The van der Waals surface area contributed by atoms with E-state index in [0.29, 0.717) is 16.4 Å². The third-order valence-corrected chi connectivity index (χ3v) is 5.68. The number of rotatable bonds is 6. The van der Waals surface area contributed by atoms with Gasteiger partial charge in [0, 0.05) is 26.7 Å². The van der Waals surface area contributed by atoms with Crippen LogP contribution in [0.5, 0.6) is 0 Å². The minimum Gasteiger partial charge on any atom is -0.348 e. The fraction of sp³-hybridized carbons (Fsp3) is 0.300. The molecule has 0 aliphatic rings. The van der Waals surface area contributed by atoms with E-state index in [2.05, 4.69) is 10.4 Å². The van der Waals surface area contributed by atoms with E-state index in [1.807, 2.05) is 0 Å². The lowest BCUT2D eigenvalue weighted by atomic mass is 9.99. The van der Waals surface area contributed by atoms with Gasteiger partial charge in [-0.05, 0) is 24.1 Å². The predicted octanol–water partition coefficient (Wildman–Crippen LogP) is 4.05. The molecular weight excluding hydrogens is 454 g/mol. The molecule has 0 aliphatic heterocycles. The maximum Gasteiger partial charge on any atom is 0.416 e. The van der Waals surface area contributed by atoms with E-state index in [4.69, 9.17) is 28.9 Å². The molecule has 6 nitrogen and oxygen atoms in total. The van der Waals surface area contributed by atoms with Crippen LogP contribution in [-0.4, -0.2) is 32.8 Å². The number of hydrogen-bond acceptors (Lipinski definition) is 3. The van der Waals surface area contributed by atoms with Crippen LogP contribution in [-0.2, 0) is 26.7 Å². The molecule has 11 heteroatoms. The average molecular weight is 474 g/mol. The van der Waals surface area contributed by atoms with Gasteiger partial charge >= 0.3 is 6.18 Å². The standard InChI is InChI=1S/C20H20Cl2F3N5O/c1-29-16(17-15(21)10-27-30(17)2)8-13(18(29)22)19(31)28-12(9-26)7-11-5-3-4-6-14(11)20(23,24)25/h3-6,8,10,12H,7,9,26H2,1-2H3,(H,28,31). The second kappa shape index (κ2) is 8.94. The van der Waals surface area contributed by atoms with Crippen molar-refractivity contribution >= 4 is 29.1 Å². The van der Waals surface area contributed by atoms with Gasteiger partial charge in [0.05, 0.1) is 28.0 Å². The zero-order chi connectivity index (χ0) is 22.9. The van der Waals surface area contributed by atoms with E-state index < -0.39 is 23.7 Å². The second-order valence-corrected chi connectivity index (χ2v) is 7.79. The Labute approximate surface area is 186 Å². The lowest BCUT2D eigenvalue weighted by molar-refractivity contribution is -0.138.